The Labute approximate surface area is 489 Å². The van der Waals surface area contributed by atoms with E-state index in [-0.39, 0.29) is 314 Å². The number of rotatable bonds is 0. The summed E-state index contributed by atoms with van der Waals surface area (Å²) in [6, 6.07) is 0. The Balaban J connectivity index is -0.00000000557. The minimum absolute atomic E-state index is 0. The fourth-order valence-corrected chi connectivity index (χ4v) is 0. The zero-order valence-corrected chi connectivity index (χ0v) is 48.3. The first kappa shape index (κ1) is 180. The predicted octanol–water partition coefficient (Wildman–Crippen LogP) is -33.4. The summed E-state index contributed by atoms with van der Waals surface area (Å²) in [6.45, 7) is 0. The summed E-state index contributed by atoms with van der Waals surface area (Å²) in [7, 11) is -29.0. The molecule has 0 aromatic rings. The maximum atomic E-state index is 8.52. The van der Waals surface area contributed by atoms with Crippen LogP contribution >= 0.6 is 0 Å². The van der Waals surface area contributed by atoms with E-state index in [0.29, 0.717) is 0 Å². The Kier molecular flexibility index (Phi) is 624. The first-order valence-corrected chi connectivity index (χ1v) is 14.7. The molecule has 0 bridgehead atoms. The Morgan fingerprint density at radius 3 is 0.204 bits per heavy atom. The largest absolute Gasteiger partial charge is 4.00 e. The van der Waals surface area contributed by atoms with E-state index in [1.165, 1.54) is 0 Å². The first-order chi connectivity index (χ1) is 13.9. The van der Waals surface area contributed by atoms with E-state index in [0.717, 1.165) is 0 Å². The summed E-state index contributed by atoms with van der Waals surface area (Å²) >= 11 is 0. The SMILES string of the molecule is O=[Si]([O-])[O-].O=[Si]([O-])[O-].O=[Si]([O-])[O-].O=[Si]([O-])[O-].O=[Si]([O-])[O-].O=[Si]([O-])[O-].O=[Si]([O-])[O-].O=[Si]([O-])[O-].[Fe+3].[Fe+3].[Fe+3].[K+].[K+].[K+].[OH-].[OH-].[OH-].[OH-].[OH-].[OH-].[OH-].[OH-].[Ti+4].[Ti+4].[Ti+4]. The van der Waals surface area contributed by atoms with Crippen LogP contribution in [0.2, 0.25) is 0 Å². The summed E-state index contributed by atoms with van der Waals surface area (Å²) < 4.78 is 68.1. The van der Waals surface area contributed by atoms with Gasteiger partial charge in [0.2, 0.25) is 0 Å². The maximum absolute atomic E-state index is 8.52. The van der Waals surface area contributed by atoms with E-state index in [9.17, 15) is 0 Å². The fraction of sp³-hybridized carbons (Fsp3) is 0. The van der Waals surface area contributed by atoms with Gasteiger partial charge in [0.15, 0.2) is 0 Å². The monoisotopic (exact) mass is 1170 g/mol. The van der Waals surface area contributed by atoms with Gasteiger partial charge in [0.25, 0.3) is 0 Å². The van der Waals surface area contributed by atoms with Gasteiger partial charge in [-0.1, -0.05) is 0 Å². The summed E-state index contributed by atoms with van der Waals surface area (Å²) in [5.41, 5.74) is 0. The maximum Gasteiger partial charge on any atom is 4.00 e. The molecule has 0 aliphatic heterocycles. The van der Waals surface area contributed by atoms with Crippen molar-refractivity contribution in [2.75, 3.05) is 0 Å². The Morgan fingerprint density at radius 2 is 0.204 bits per heavy atom. The molecule has 0 fully saturated rings. The van der Waals surface area contributed by atoms with Crippen molar-refractivity contribution in [1.29, 1.82) is 0 Å². The van der Waals surface area contributed by atoms with Crippen LogP contribution in [0.25, 0.3) is 0 Å². The third-order valence-electron chi connectivity index (χ3n) is 0. The van der Waals surface area contributed by atoms with Gasteiger partial charge in [-0.25, -0.2) is 0 Å². The Hall–Kier alpha value is 5.23. The van der Waals surface area contributed by atoms with E-state index >= 15 is 0 Å². The summed E-state index contributed by atoms with van der Waals surface area (Å²) in [5, 5.41) is 0. The van der Waals surface area contributed by atoms with E-state index in [1.807, 2.05) is 0 Å². The molecule has 0 rings (SSSR count). The molecule has 8 N–H and O–H groups in total. The molecule has 0 saturated carbocycles. The first-order valence-electron chi connectivity index (χ1n) is 4.90. The van der Waals surface area contributed by atoms with E-state index in [2.05, 4.69) is 0 Å². The van der Waals surface area contributed by atoms with Crippen molar-refractivity contribution >= 4 is 73.4 Å². The van der Waals surface area contributed by atoms with Gasteiger partial charge in [-0.15, -0.1) is 0 Å². The predicted molar refractivity (Wildman–Crippen MR) is 67.0 cm³/mol. The number of hydrogen-bond acceptors (Lipinski definition) is 32. The van der Waals surface area contributed by atoms with Crippen LogP contribution in [0.5, 0.6) is 0 Å². The molecular formula is H8Fe3K3O32Si8Ti3. The fourth-order valence-electron chi connectivity index (χ4n) is 0. The normalized spacial score (nSPS) is 3.92. The molecule has 0 aromatic carbocycles. The standard InChI is InChI=1S/3Fe.3K.8O3Si.8H2O.3Ti/c;;;;;;8*1-4(2)3;;;;;;;;;;;/h;;;;;;;;;;;;;;8*1H2;;;/q3*+3;3*+1;8*-2;;;;;;;;;3*+4/p-8. The molecule has 0 spiro atoms. The van der Waals surface area contributed by atoms with Gasteiger partial charge in [0.1, 0.15) is 0 Å². The summed E-state index contributed by atoms with van der Waals surface area (Å²) in [6.07, 6.45) is 0. The average Bonchev–Trinajstić information content (AvgIpc) is 2.30. The minimum atomic E-state index is -3.63. The zero-order chi connectivity index (χ0) is 28.6. The topological polar surface area (TPSA) is 746 Å². The third-order valence-corrected chi connectivity index (χ3v) is 0. The van der Waals surface area contributed by atoms with Crippen LogP contribution in [0.15, 0.2) is 0 Å². The van der Waals surface area contributed by atoms with Gasteiger partial charge in [-0.2, -0.15) is 0 Å². The Morgan fingerprint density at radius 1 is 0.204 bits per heavy atom. The van der Waals surface area contributed by atoms with Crippen LogP contribution in [0.1, 0.15) is 0 Å². The molecule has 0 amide bonds. The van der Waals surface area contributed by atoms with Gasteiger partial charge in [0, 0.05) is 73.4 Å². The molecule has 3 radical (unpaired) electrons. The van der Waals surface area contributed by atoms with Crippen LogP contribution in [-0.2, 0) is 152 Å². The van der Waals surface area contributed by atoms with Crippen LogP contribution in [0.3, 0.4) is 0 Å². The van der Waals surface area contributed by atoms with Crippen molar-refractivity contribution in [2.45, 2.75) is 0 Å². The molecule has 0 aliphatic carbocycles. The van der Waals surface area contributed by atoms with Crippen molar-refractivity contribution in [2.24, 2.45) is 0 Å². The van der Waals surface area contributed by atoms with E-state index in [4.69, 9.17) is 112 Å². The second-order valence-corrected chi connectivity index (χ2v) is 6.00. The van der Waals surface area contributed by atoms with Crippen LogP contribution in [0, 0.1) is 0 Å². The van der Waals surface area contributed by atoms with Gasteiger partial charge < -0.3 is 156 Å². The van der Waals surface area contributed by atoms with Gasteiger partial charge in [-0.05, 0) is 0 Å². The zero-order valence-electron chi connectivity index (χ0n) is 22.9. The molecule has 0 unspecified atom stereocenters. The quantitative estimate of drug-likeness (QED) is 0.203. The molecule has 32 nitrogen and oxygen atoms in total. The molecule has 271 valence electrons. The van der Waals surface area contributed by atoms with Crippen molar-refractivity contribution < 1.29 is 427 Å². The molecule has 0 saturated heterocycles. The van der Waals surface area contributed by atoms with E-state index < -0.39 is 73.4 Å². The molecule has 49 heteroatoms. The smallest absolute Gasteiger partial charge is 0.870 e. The van der Waals surface area contributed by atoms with Gasteiger partial charge in [0.05, 0.1) is 0 Å². The average molecular weight is 1170 g/mol. The van der Waals surface area contributed by atoms with Crippen molar-refractivity contribution in [3.8, 4) is 0 Å². The molecule has 0 aromatic heterocycles. The molecule has 0 atom stereocenters. The minimum Gasteiger partial charge on any atom is -0.870 e. The van der Waals surface area contributed by atoms with Crippen LogP contribution in [0.4, 0.5) is 0 Å². The van der Waals surface area contributed by atoms with Gasteiger partial charge in [-0.3, -0.25) is 0 Å². The van der Waals surface area contributed by atoms with Crippen molar-refractivity contribution in [3.63, 3.8) is 0 Å². The van der Waals surface area contributed by atoms with Gasteiger partial charge >= 0.3 is 271 Å². The third kappa shape index (κ3) is 5110. The number of hydrogen-bond donors (Lipinski definition) is 0. The summed E-state index contributed by atoms with van der Waals surface area (Å²) in [4.78, 5) is 136. The molecule has 0 heterocycles. The second kappa shape index (κ2) is 170. The molecule has 0 aliphatic rings. The second-order valence-electron chi connectivity index (χ2n) is 2.00. The molecular weight excluding hydrogens is 1170 g/mol. The summed E-state index contributed by atoms with van der Waals surface area (Å²) in [5.74, 6) is 0. The van der Waals surface area contributed by atoms with E-state index in [1.54, 1.807) is 0 Å². The van der Waals surface area contributed by atoms with Crippen molar-refractivity contribution in [3.05, 3.63) is 0 Å². The molecule has 49 heavy (non-hydrogen) atoms. The van der Waals surface area contributed by atoms with Crippen LogP contribution < -0.4 is 231 Å². The van der Waals surface area contributed by atoms with Crippen LogP contribution in [-0.4, -0.2) is 117 Å². The van der Waals surface area contributed by atoms with Crippen molar-refractivity contribution in [1.82, 2.24) is 0 Å². The Bertz CT molecular complexity index is 405.